The van der Waals surface area contributed by atoms with Gasteiger partial charge in [-0.1, -0.05) is 53.4 Å². The van der Waals surface area contributed by atoms with E-state index in [9.17, 15) is 14.4 Å². The minimum atomic E-state index is -0.398. The Balaban J connectivity index is 1.23. The monoisotopic (exact) mass is 474 g/mol. The van der Waals surface area contributed by atoms with Gasteiger partial charge in [-0.25, -0.2) is 4.90 Å². The maximum atomic E-state index is 13.3. The second kappa shape index (κ2) is 7.93. The van der Waals surface area contributed by atoms with E-state index in [1.165, 1.54) is 17.3 Å². The summed E-state index contributed by atoms with van der Waals surface area (Å²) in [7, 11) is 0. The predicted molar refractivity (Wildman–Crippen MR) is 127 cm³/mol. The van der Waals surface area contributed by atoms with E-state index in [1.54, 1.807) is 24.3 Å². The van der Waals surface area contributed by atoms with Crippen molar-refractivity contribution in [1.29, 1.82) is 0 Å². The molecule has 3 heterocycles. The van der Waals surface area contributed by atoms with Crippen molar-refractivity contribution in [1.82, 2.24) is 14.8 Å². The number of aromatic nitrogens is 3. The maximum absolute atomic E-state index is 13.3. The second-order valence-electron chi connectivity index (χ2n) is 8.01. The van der Waals surface area contributed by atoms with E-state index >= 15 is 0 Å². The van der Waals surface area contributed by atoms with E-state index in [4.69, 9.17) is 0 Å². The Kier molecular flexibility index (Phi) is 4.88. The number of carbonyl (C=O) groups excluding carboxylic acids is 3. The lowest BCUT2D eigenvalue weighted by molar-refractivity contribution is 0.0920. The van der Waals surface area contributed by atoms with E-state index in [0.29, 0.717) is 15.5 Å². The first kappa shape index (κ1) is 20.3. The summed E-state index contributed by atoms with van der Waals surface area (Å²) in [6.45, 7) is 0. The number of fused-ring (bicyclic) bond motifs is 4. The number of anilines is 1. The molecule has 4 aromatic rings. The minimum absolute atomic E-state index is 0.00293. The van der Waals surface area contributed by atoms with Crippen molar-refractivity contribution in [2.75, 3.05) is 10.7 Å². The molecule has 0 unspecified atom stereocenters. The van der Waals surface area contributed by atoms with Gasteiger partial charge >= 0.3 is 0 Å². The second-order valence-corrected chi connectivity index (χ2v) is 10.2. The van der Waals surface area contributed by atoms with E-state index in [0.717, 1.165) is 58.5 Å². The lowest BCUT2D eigenvalue weighted by atomic mass is 9.96. The van der Waals surface area contributed by atoms with Crippen LogP contribution in [-0.2, 0) is 12.8 Å². The zero-order valence-corrected chi connectivity index (χ0v) is 19.1. The highest BCUT2D eigenvalue weighted by molar-refractivity contribution is 8.01. The van der Waals surface area contributed by atoms with Gasteiger partial charge in [-0.05, 0) is 49.4 Å². The minimum Gasteiger partial charge on any atom is -0.283 e. The van der Waals surface area contributed by atoms with Crippen LogP contribution < -0.4 is 4.90 Å². The highest BCUT2D eigenvalue weighted by Gasteiger charge is 2.38. The van der Waals surface area contributed by atoms with Crippen LogP contribution in [0.25, 0.3) is 10.9 Å². The molecule has 0 fully saturated rings. The zero-order valence-electron chi connectivity index (χ0n) is 17.5. The number of nitrogens with zero attached hydrogens (tertiary/aromatic N) is 4. The predicted octanol–water partition coefficient (Wildman–Crippen LogP) is 4.60. The third-order valence-corrected chi connectivity index (χ3v) is 8.15. The molecule has 0 spiro atoms. The molecule has 0 saturated heterocycles. The Morgan fingerprint density at radius 2 is 1.64 bits per heavy atom. The van der Waals surface area contributed by atoms with Crippen LogP contribution in [0, 0.1) is 0 Å². The molecule has 2 aliphatic rings. The molecule has 0 saturated carbocycles. The number of para-hydroxylation sites is 1. The van der Waals surface area contributed by atoms with Crippen LogP contribution in [0.2, 0.25) is 0 Å². The van der Waals surface area contributed by atoms with Gasteiger partial charge in [0.1, 0.15) is 0 Å². The fourth-order valence-electron chi connectivity index (χ4n) is 4.68. The highest BCUT2D eigenvalue weighted by atomic mass is 32.2. The largest absolute Gasteiger partial charge is 0.283 e. The lowest BCUT2D eigenvalue weighted by Crippen LogP contribution is -2.29. The SMILES string of the molecule is O=C1c2ccccc2C(=O)N1c1nnc(SCC(=O)n2c3c(c4ccccc42)CCCC3)s1. The topological polar surface area (TPSA) is 85.2 Å². The van der Waals surface area contributed by atoms with Crippen molar-refractivity contribution in [2.45, 2.75) is 30.0 Å². The van der Waals surface area contributed by atoms with Crippen LogP contribution in [0.15, 0.2) is 52.9 Å². The first-order valence-electron chi connectivity index (χ1n) is 10.7. The average molecular weight is 475 g/mol. The molecule has 2 amide bonds. The number of hydrogen-bond donors (Lipinski definition) is 0. The number of imide groups is 1. The van der Waals surface area contributed by atoms with E-state index in [-0.39, 0.29) is 16.8 Å². The van der Waals surface area contributed by atoms with Crippen molar-refractivity contribution in [3.63, 3.8) is 0 Å². The van der Waals surface area contributed by atoms with Gasteiger partial charge in [0.2, 0.25) is 11.0 Å². The first-order valence-corrected chi connectivity index (χ1v) is 12.5. The van der Waals surface area contributed by atoms with Crippen LogP contribution >= 0.6 is 23.1 Å². The van der Waals surface area contributed by atoms with Gasteiger partial charge in [-0.2, -0.15) is 0 Å². The normalized spacial score (nSPS) is 15.2. The third-order valence-electron chi connectivity index (χ3n) is 6.13. The molecule has 2 aromatic heterocycles. The molecule has 164 valence electrons. The number of benzene rings is 2. The summed E-state index contributed by atoms with van der Waals surface area (Å²) in [4.78, 5) is 39.7. The summed E-state index contributed by atoms with van der Waals surface area (Å²) in [5, 5.41) is 9.56. The van der Waals surface area contributed by atoms with Gasteiger partial charge in [0.05, 0.1) is 22.4 Å². The smallest absolute Gasteiger partial charge is 0.268 e. The molecule has 1 aliphatic carbocycles. The van der Waals surface area contributed by atoms with Crippen LogP contribution in [0.1, 0.15) is 49.6 Å². The summed E-state index contributed by atoms with van der Waals surface area (Å²) in [5.74, 6) is -0.603. The van der Waals surface area contributed by atoms with Gasteiger partial charge in [-0.15, -0.1) is 10.2 Å². The van der Waals surface area contributed by atoms with Crippen molar-refractivity contribution >= 4 is 56.9 Å². The number of aryl methyl sites for hydroxylation is 1. The summed E-state index contributed by atoms with van der Waals surface area (Å²) in [6.07, 6.45) is 4.14. The Hall–Kier alpha value is -3.30. The quantitative estimate of drug-likeness (QED) is 0.244. The summed E-state index contributed by atoms with van der Waals surface area (Å²) in [5.41, 5.74) is 4.10. The Morgan fingerprint density at radius 1 is 0.939 bits per heavy atom. The molecule has 7 nitrogen and oxygen atoms in total. The molecule has 33 heavy (non-hydrogen) atoms. The average Bonchev–Trinajstić information content (AvgIpc) is 3.51. The molecule has 0 bridgehead atoms. The van der Waals surface area contributed by atoms with Gasteiger partial charge in [0.15, 0.2) is 4.34 Å². The lowest BCUT2D eigenvalue weighted by Gasteiger charge is -2.14. The zero-order chi connectivity index (χ0) is 22.5. The third kappa shape index (κ3) is 3.22. The number of amides is 2. The Morgan fingerprint density at radius 3 is 2.42 bits per heavy atom. The standard InChI is InChI=1S/C24H18N4O3S2/c29-20(27-18-11-5-3-7-14(18)15-8-4-6-12-19(15)27)13-32-24-26-25-23(33-24)28-21(30)16-9-1-2-10-17(16)22(28)31/h1-3,5,7,9-11H,4,6,8,12-13H2. The van der Waals surface area contributed by atoms with E-state index < -0.39 is 11.8 Å². The Bertz CT molecular complexity index is 1420. The molecular weight excluding hydrogens is 456 g/mol. The number of thioether (sulfide) groups is 1. The molecule has 0 atom stereocenters. The van der Waals surface area contributed by atoms with Crippen molar-refractivity contribution in [3.8, 4) is 0 Å². The van der Waals surface area contributed by atoms with Gasteiger partial charge in [-0.3, -0.25) is 19.0 Å². The number of hydrogen-bond acceptors (Lipinski definition) is 7. The summed E-state index contributed by atoms with van der Waals surface area (Å²) in [6, 6.07) is 14.8. The Labute approximate surface area is 197 Å². The molecule has 1 aliphatic heterocycles. The summed E-state index contributed by atoms with van der Waals surface area (Å²) < 4.78 is 2.41. The van der Waals surface area contributed by atoms with Crippen molar-refractivity contribution in [3.05, 3.63) is 70.9 Å². The van der Waals surface area contributed by atoms with E-state index in [2.05, 4.69) is 16.3 Å². The molecule has 0 radical (unpaired) electrons. The van der Waals surface area contributed by atoms with Crippen molar-refractivity contribution < 1.29 is 14.4 Å². The van der Waals surface area contributed by atoms with Crippen LogP contribution in [-0.4, -0.2) is 38.2 Å². The first-order chi connectivity index (χ1) is 16.1. The molecule has 9 heteroatoms. The van der Waals surface area contributed by atoms with Gasteiger partial charge in [0, 0.05) is 11.1 Å². The summed E-state index contributed by atoms with van der Waals surface area (Å²) >= 11 is 2.42. The van der Waals surface area contributed by atoms with Crippen LogP contribution in [0.4, 0.5) is 5.13 Å². The number of rotatable bonds is 4. The molecule has 6 rings (SSSR count). The molecule has 0 N–H and O–H groups in total. The fraction of sp³-hybridized carbons (Fsp3) is 0.208. The fourth-order valence-corrected chi connectivity index (χ4v) is 6.37. The van der Waals surface area contributed by atoms with Gasteiger partial charge in [0.25, 0.3) is 11.8 Å². The number of carbonyl (C=O) groups is 3. The van der Waals surface area contributed by atoms with Crippen LogP contribution in [0.3, 0.4) is 0 Å². The highest BCUT2D eigenvalue weighted by Crippen LogP contribution is 2.35. The maximum Gasteiger partial charge on any atom is 0.268 e. The van der Waals surface area contributed by atoms with Crippen molar-refractivity contribution in [2.24, 2.45) is 0 Å². The molecular formula is C24H18N4O3S2. The van der Waals surface area contributed by atoms with Crippen LogP contribution in [0.5, 0.6) is 0 Å². The van der Waals surface area contributed by atoms with E-state index in [1.807, 2.05) is 22.8 Å². The van der Waals surface area contributed by atoms with Gasteiger partial charge < -0.3 is 0 Å². The molecule has 2 aromatic carbocycles.